The van der Waals surface area contributed by atoms with Crippen molar-refractivity contribution in [1.82, 2.24) is 0 Å². The summed E-state index contributed by atoms with van der Waals surface area (Å²) < 4.78 is 10.9. The first-order valence-corrected chi connectivity index (χ1v) is 9.84. The first kappa shape index (κ1) is 22.3. The van der Waals surface area contributed by atoms with Crippen molar-refractivity contribution >= 4 is 5.78 Å². The minimum absolute atomic E-state index is 0.0522. The average Bonchev–Trinajstić information content (AvgIpc) is 2.94. The summed E-state index contributed by atoms with van der Waals surface area (Å²) in [6.45, 7) is 5.04. The van der Waals surface area contributed by atoms with Crippen molar-refractivity contribution < 1.29 is 39.8 Å². The summed E-state index contributed by atoms with van der Waals surface area (Å²) in [5.74, 6) is -0.0522. The van der Waals surface area contributed by atoms with Crippen LogP contribution in [0.4, 0.5) is 0 Å². The van der Waals surface area contributed by atoms with E-state index in [0.717, 1.165) is 22.3 Å². The molecule has 1 aromatic rings. The number of aliphatic hydroxyl groups is 5. The van der Waals surface area contributed by atoms with Gasteiger partial charge in [0.15, 0.2) is 12.1 Å². The number of hydrogen-bond acceptors (Lipinski definition) is 8. The van der Waals surface area contributed by atoms with Crippen LogP contribution in [0.15, 0.2) is 6.07 Å². The maximum atomic E-state index is 12.8. The Morgan fingerprint density at radius 2 is 1.86 bits per heavy atom. The van der Waals surface area contributed by atoms with Crippen LogP contribution in [0.1, 0.15) is 39.5 Å². The fourth-order valence-electron chi connectivity index (χ4n) is 4.36. The van der Waals surface area contributed by atoms with Crippen LogP contribution in [0.3, 0.4) is 0 Å². The molecule has 1 aliphatic carbocycles. The first-order valence-electron chi connectivity index (χ1n) is 9.84. The highest BCUT2D eigenvalue weighted by Gasteiger charge is 2.44. The molecule has 0 amide bonds. The summed E-state index contributed by atoms with van der Waals surface area (Å²) in [6.07, 6.45) is -5.59. The van der Waals surface area contributed by atoms with Crippen molar-refractivity contribution in [2.24, 2.45) is 5.41 Å². The molecule has 1 aliphatic heterocycles. The second-order valence-corrected chi connectivity index (χ2v) is 8.37. The molecule has 6 atom stereocenters. The minimum Gasteiger partial charge on any atom is -0.395 e. The first-order chi connectivity index (χ1) is 13.6. The highest BCUT2D eigenvalue weighted by molar-refractivity contribution is 6.06. The fraction of sp³-hybridized carbons (Fsp3) is 0.667. The summed E-state index contributed by atoms with van der Waals surface area (Å²) in [7, 11) is 0. The van der Waals surface area contributed by atoms with Crippen LogP contribution in [-0.2, 0) is 22.3 Å². The summed E-state index contributed by atoms with van der Waals surface area (Å²) >= 11 is 0. The van der Waals surface area contributed by atoms with Gasteiger partial charge in [-0.25, -0.2) is 0 Å². The monoisotopic (exact) mass is 410 g/mol. The van der Waals surface area contributed by atoms with Crippen molar-refractivity contribution in [3.8, 4) is 0 Å². The van der Waals surface area contributed by atoms with E-state index < -0.39 is 42.7 Å². The number of carbonyl (C=O) groups excluding carboxylic acids is 1. The van der Waals surface area contributed by atoms with Gasteiger partial charge in [0.05, 0.1) is 25.2 Å². The number of fused-ring (bicyclic) bond motifs is 1. The lowest BCUT2D eigenvalue weighted by atomic mass is 9.86. The molecule has 1 aromatic carbocycles. The van der Waals surface area contributed by atoms with Crippen LogP contribution in [0.2, 0.25) is 0 Å². The molecule has 29 heavy (non-hydrogen) atoms. The van der Waals surface area contributed by atoms with Gasteiger partial charge in [-0.15, -0.1) is 0 Å². The molecule has 0 radical (unpaired) electrons. The zero-order chi connectivity index (χ0) is 21.5. The van der Waals surface area contributed by atoms with Crippen molar-refractivity contribution in [2.45, 2.75) is 64.3 Å². The molecule has 8 nitrogen and oxygen atoms in total. The number of aliphatic hydroxyl groups excluding tert-OH is 5. The average molecular weight is 410 g/mol. The molecule has 0 bridgehead atoms. The SMILES string of the molecule is Cc1cc2c(c(C)c1CCOC1OC(CO)C(O)C(O)C1O)C(=O)C(C)(CO)C2. The number of hydrogen-bond donors (Lipinski definition) is 5. The Morgan fingerprint density at radius 1 is 1.17 bits per heavy atom. The van der Waals surface area contributed by atoms with Crippen molar-refractivity contribution in [3.63, 3.8) is 0 Å². The second-order valence-electron chi connectivity index (χ2n) is 8.37. The predicted octanol–water partition coefficient (Wildman–Crippen LogP) is -0.600. The van der Waals surface area contributed by atoms with E-state index in [9.17, 15) is 30.3 Å². The molecular weight excluding hydrogens is 380 g/mol. The van der Waals surface area contributed by atoms with Gasteiger partial charge in [-0.2, -0.15) is 0 Å². The van der Waals surface area contributed by atoms with E-state index in [1.54, 1.807) is 6.92 Å². The zero-order valence-corrected chi connectivity index (χ0v) is 17.0. The van der Waals surface area contributed by atoms with Gasteiger partial charge < -0.3 is 35.0 Å². The van der Waals surface area contributed by atoms with E-state index in [4.69, 9.17) is 9.47 Å². The Balaban J connectivity index is 1.72. The van der Waals surface area contributed by atoms with Crippen LogP contribution in [0.5, 0.6) is 0 Å². The molecule has 1 heterocycles. The third-order valence-corrected chi connectivity index (χ3v) is 6.20. The quantitative estimate of drug-likeness (QED) is 0.419. The summed E-state index contributed by atoms with van der Waals surface area (Å²) in [5, 5.41) is 48.7. The molecule has 162 valence electrons. The van der Waals surface area contributed by atoms with Gasteiger partial charge in [-0.3, -0.25) is 4.79 Å². The number of Topliss-reactive ketones (excluding diaryl/α,β-unsaturated/α-hetero) is 1. The van der Waals surface area contributed by atoms with Gasteiger partial charge >= 0.3 is 0 Å². The van der Waals surface area contributed by atoms with Crippen LogP contribution in [-0.4, -0.2) is 81.8 Å². The number of carbonyl (C=O) groups is 1. The predicted molar refractivity (Wildman–Crippen MR) is 103 cm³/mol. The lowest BCUT2D eigenvalue weighted by Gasteiger charge is -2.39. The molecule has 1 saturated heterocycles. The molecule has 2 aliphatic rings. The minimum atomic E-state index is -1.48. The van der Waals surface area contributed by atoms with Gasteiger partial charge in [-0.05, 0) is 55.9 Å². The lowest BCUT2D eigenvalue weighted by molar-refractivity contribution is -0.300. The van der Waals surface area contributed by atoms with Gasteiger partial charge in [0.2, 0.25) is 0 Å². The molecule has 8 heteroatoms. The van der Waals surface area contributed by atoms with E-state index in [1.165, 1.54) is 0 Å². The number of rotatable bonds is 6. The van der Waals surface area contributed by atoms with Crippen LogP contribution in [0.25, 0.3) is 0 Å². The zero-order valence-electron chi connectivity index (χ0n) is 17.0. The third kappa shape index (κ3) is 3.86. The Morgan fingerprint density at radius 3 is 2.48 bits per heavy atom. The van der Waals surface area contributed by atoms with Crippen molar-refractivity contribution in [3.05, 3.63) is 33.9 Å². The summed E-state index contributed by atoms with van der Waals surface area (Å²) in [5.41, 5.74) is 3.64. The summed E-state index contributed by atoms with van der Waals surface area (Å²) in [4.78, 5) is 12.8. The topological polar surface area (TPSA) is 137 Å². The largest absolute Gasteiger partial charge is 0.395 e. The normalized spacial score (nSPS) is 34.5. The van der Waals surface area contributed by atoms with E-state index >= 15 is 0 Å². The number of ketones is 1. The molecule has 0 spiro atoms. The molecule has 3 rings (SSSR count). The maximum Gasteiger partial charge on any atom is 0.186 e. The Bertz CT molecular complexity index is 776. The number of aryl methyl sites for hydroxylation is 1. The highest BCUT2D eigenvalue weighted by Crippen LogP contribution is 2.40. The van der Waals surface area contributed by atoms with Crippen LogP contribution < -0.4 is 0 Å². The molecular formula is C21H30O8. The van der Waals surface area contributed by atoms with Crippen molar-refractivity contribution in [1.29, 1.82) is 0 Å². The smallest absolute Gasteiger partial charge is 0.186 e. The van der Waals surface area contributed by atoms with Crippen molar-refractivity contribution in [2.75, 3.05) is 19.8 Å². The molecule has 1 fully saturated rings. The Hall–Kier alpha value is -1.39. The summed E-state index contributed by atoms with van der Waals surface area (Å²) in [6, 6.07) is 1.98. The van der Waals surface area contributed by atoms with Crippen LogP contribution in [0, 0.1) is 19.3 Å². The number of ether oxygens (including phenoxy) is 2. The van der Waals surface area contributed by atoms with Crippen LogP contribution >= 0.6 is 0 Å². The van der Waals surface area contributed by atoms with Gasteiger partial charge in [0.25, 0.3) is 0 Å². The van der Waals surface area contributed by atoms with E-state index in [2.05, 4.69) is 0 Å². The molecule has 6 unspecified atom stereocenters. The standard InChI is InChI=1S/C21H30O8/c1-10-6-12-7-21(3,9-23)19(27)15(12)11(2)13(10)4-5-28-20-18(26)17(25)16(24)14(8-22)29-20/h6,14,16-18,20,22-26H,4-5,7-9H2,1-3H3. The molecule has 0 aromatic heterocycles. The second kappa shape index (κ2) is 8.39. The lowest BCUT2D eigenvalue weighted by Crippen LogP contribution is -2.59. The Labute approximate surface area is 169 Å². The number of benzene rings is 1. The maximum absolute atomic E-state index is 12.8. The molecule has 5 N–H and O–H groups in total. The van der Waals surface area contributed by atoms with Gasteiger partial charge in [0.1, 0.15) is 24.4 Å². The fourth-order valence-corrected chi connectivity index (χ4v) is 4.36. The highest BCUT2D eigenvalue weighted by atomic mass is 16.7. The van der Waals surface area contributed by atoms with Gasteiger partial charge in [-0.1, -0.05) is 6.07 Å². The van der Waals surface area contributed by atoms with Gasteiger partial charge in [0, 0.05) is 5.56 Å². The third-order valence-electron chi connectivity index (χ3n) is 6.20. The Kier molecular flexibility index (Phi) is 6.45. The van der Waals surface area contributed by atoms with E-state index in [0.29, 0.717) is 18.4 Å². The van der Waals surface area contributed by atoms with E-state index in [1.807, 2.05) is 19.9 Å². The molecule has 0 saturated carbocycles. The van der Waals surface area contributed by atoms with E-state index in [-0.39, 0.29) is 19.0 Å².